The first-order chi connectivity index (χ1) is 9.85. The fourth-order valence-electron chi connectivity index (χ4n) is 3.33. The Morgan fingerprint density at radius 1 is 1.24 bits per heavy atom. The van der Waals surface area contributed by atoms with E-state index in [0.717, 1.165) is 45.1 Å². The fourth-order valence-corrected chi connectivity index (χ4v) is 3.86. The molecule has 7 heteroatoms. The van der Waals surface area contributed by atoms with Crippen molar-refractivity contribution in [1.29, 1.82) is 0 Å². The highest BCUT2D eigenvalue weighted by molar-refractivity contribution is 7.88. The van der Waals surface area contributed by atoms with Crippen LogP contribution in [0.4, 0.5) is 0 Å². The van der Waals surface area contributed by atoms with Crippen LogP contribution in [0.3, 0.4) is 0 Å². The number of nitrogens with two attached hydrogens (primary N) is 1. The predicted molar refractivity (Wildman–Crippen MR) is 82.1 cm³/mol. The molecule has 1 aliphatic heterocycles. The Balaban J connectivity index is 1.84. The second kappa shape index (κ2) is 7.07. The van der Waals surface area contributed by atoms with E-state index in [0.29, 0.717) is 13.1 Å². The lowest BCUT2D eigenvalue weighted by Gasteiger charge is -2.36. The zero-order chi connectivity index (χ0) is 15.5. The Bertz CT molecular complexity index is 458. The molecule has 0 aromatic heterocycles. The van der Waals surface area contributed by atoms with Gasteiger partial charge in [-0.25, -0.2) is 13.1 Å². The maximum Gasteiger partial charge on any atom is 0.225 e. The minimum Gasteiger partial charge on any atom is -0.342 e. The topological polar surface area (TPSA) is 92.5 Å². The van der Waals surface area contributed by atoms with E-state index in [4.69, 9.17) is 5.73 Å². The Kier molecular flexibility index (Phi) is 5.62. The van der Waals surface area contributed by atoms with E-state index in [1.165, 1.54) is 6.26 Å². The molecule has 0 radical (unpaired) electrons. The first kappa shape index (κ1) is 16.7. The van der Waals surface area contributed by atoms with Crippen molar-refractivity contribution >= 4 is 15.9 Å². The van der Waals surface area contributed by atoms with E-state index in [1.54, 1.807) is 0 Å². The van der Waals surface area contributed by atoms with Crippen molar-refractivity contribution in [3.8, 4) is 0 Å². The van der Waals surface area contributed by atoms with Gasteiger partial charge in [-0.3, -0.25) is 4.79 Å². The maximum absolute atomic E-state index is 12.6. The third-order valence-electron chi connectivity index (χ3n) is 4.59. The maximum atomic E-state index is 12.6. The van der Waals surface area contributed by atoms with Crippen molar-refractivity contribution in [2.75, 3.05) is 25.9 Å². The van der Waals surface area contributed by atoms with Crippen molar-refractivity contribution in [1.82, 2.24) is 9.62 Å². The normalized spacial score (nSPS) is 31.1. The van der Waals surface area contributed by atoms with E-state index in [1.807, 2.05) is 4.90 Å². The smallest absolute Gasteiger partial charge is 0.225 e. The number of carbonyl (C=O) groups excluding carboxylic acids is 1. The van der Waals surface area contributed by atoms with Crippen molar-refractivity contribution in [3.63, 3.8) is 0 Å². The highest BCUT2D eigenvalue weighted by atomic mass is 32.2. The van der Waals surface area contributed by atoms with Crippen LogP contribution in [0.25, 0.3) is 0 Å². The van der Waals surface area contributed by atoms with Gasteiger partial charge in [-0.2, -0.15) is 0 Å². The highest BCUT2D eigenvalue weighted by Crippen LogP contribution is 2.27. The van der Waals surface area contributed by atoms with Crippen LogP contribution in [0.2, 0.25) is 0 Å². The largest absolute Gasteiger partial charge is 0.342 e. The van der Waals surface area contributed by atoms with E-state index in [-0.39, 0.29) is 23.8 Å². The minimum absolute atomic E-state index is 0.117. The first-order valence-electron chi connectivity index (χ1n) is 7.84. The Morgan fingerprint density at radius 2 is 1.90 bits per heavy atom. The van der Waals surface area contributed by atoms with Crippen LogP contribution >= 0.6 is 0 Å². The molecule has 1 amide bonds. The van der Waals surface area contributed by atoms with E-state index in [2.05, 4.69) is 4.72 Å². The second-order valence-corrected chi connectivity index (χ2v) is 8.36. The van der Waals surface area contributed by atoms with Gasteiger partial charge in [0.2, 0.25) is 15.9 Å². The molecule has 1 heterocycles. The molecule has 2 aliphatic rings. The van der Waals surface area contributed by atoms with Crippen LogP contribution in [0.1, 0.15) is 38.5 Å². The molecule has 1 atom stereocenters. The number of hydrogen-bond acceptors (Lipinski definition) is 4. The molecule has 2 rings (SSSR count). The molecule has 0 aromatic carbocycles. The quantitative estimate of drug-likeness (QED) is 0.779. The van der Waals surface area contributed by atoms with Gasteiger partial charge in [-0.1, -0.05) is 0 Å². The number of nitrogens with zero attached hydrogens (tertiary/aromatic N) is 1. The lowest BCUT2D eigenvalue weighted by Crippen LogP contribution is -2.46. The summed E-state index contributed by atoms with van der Waals surface area (Å²) in [5, 5.41) is 0. The van der Waals surface area contributed by atoms with Gasteiger partial charge < -0.3 is 10.6 Å². The number of nitrogens with one attached hydrogen (secondary N) is 1. The van der Waals surface area contributed by atoms with Gasteiger partial charge in [-0.15, -0.1) is 0 Å². The van der Waals surface area contributed by atoms with Crippen molar-refractivity contribution < 1.29 is 13.2 Å². The Hall–Kier alpha value is -0.660. The molecule has 1 saturated carbocycles. The van der Waals surface area contributed by atoms with Crippen molar-refractivity contribution in [2.45, 2.75) is 44.6 Å². The number of piperidine rings is 1. The number of amides is 1. The highest BCUT2D eigenvalue weighted by Gasteiger charge is 2.31. The summed E-state index contributed by atoms with van der Waals surface area (Å²) in [5.41, 5.74) is 5.89. The standard InChI is InChI=1S/C14H27N3O3S/c1-21(19,20)16-9-11-3-2-8-17(10-11)14(18)12-4-6-13(15)7-5-12/h11-13,16H,2-10,15H2,1H3. The molecular formula is C14H27N3O3S. The van der Waals surface area contributed by atoms with Gasteiger partial charge in [0.05, 0.1) is 6.26 Å². The van der Waals surface area contributed by atoms with Gasteiger partial charge in [0.25, 0.3) is 0 Å². The molecule has 0 spiro atoms. The monoisotopic (exact) mass is 317 g/mol. The molecule has 3 N–H and O–H groups in total. The fraction of sp³-hybridized carbons (Fsp3) is 0.929. The molecule has 122 valence electrons. The minimum atomic E-state index is -3.16. The zero-order valence-electron chi connectivity index (χ0n) is 12.8. The summed E-state index contributed by atoms with van der Waals surface area (Å²) in [4.78, 5) is 14.5. The van der Waals surface area contributed by atoms with Gasteiger partial charge in [0.1, 0.15) is 0 Å². The summed E-state index contributed by atoms with van der Waals surface area (Å²) in [7, 11) is -3.16. The van der Waals surface area contributed by atoms with Crippen LogP contribution < -0.4 is 10.5 Å². The summed E-state index contributed by atoms with van der Waals surface area (Å²) >= 11 is 0. The average Bonchev–Trinajstić information content (AvgIpc) is 2.45. The third-order valence-corrected chi connectivity index (χ3v) is 5.28. The molecule has 2 fully saturated rings. The first-order valence-corrected chi connectivity index (χ1v) is 9.73. The summed E-state index contributed by atoms with van der Waals surface area (Å²) in [5.74, 6) is 0.584. The zero-order valence-corrected chi connectivity index (χ0v) is 13.6. The molecule has 0 aromatic rings. The number of likely N-dealkylation sites (tertiary alicyclic amines) is 1. The molecule has 6 nitrogen and oxygen atoms in total. The summed E-state index contributed by atoms with van der Waals surface area (Å²) in [6.07, 6.45) is 6.75. The van der Waals surface area contributed by atoms with Crippen molar-refractivity contribution in [2.24, 2.45) is 17.6 Å². The number of rotatable bonds is 4. The molecular weight excluding hydrogens is 290 g/mol. The molecule has 1 saturated heterocycles. The number of sulfonamides is 1. The Morgan fingerprint density at radius 3 is 2.52 bits per heavy atom. The van der Waals surface area contributed by atoms with Gasteiger partial charge in [0, 0.05) is 31.6 Å². The Labute approximate surface area is 127 Å². The van der Waals surface area contributed by atoms with Crippen LogP contribution in [-0.2, 0) is 14.8 Å². The van der Waals surface area contributed by atoms with Crippen molar-refractivity contribution in [3.05, 3.63) is 0 Å². The lowest BCUT2D eigenvalue weighted by atomic mass is 9.85. The van der Waals surface area contributed by atoms with E-state index >= 15 is 0 Å². The van der Waals surface area contributed by atoms with Gasteiger partial charge in [0.15, 0.2) is 0 Å². The summed E-state index contributed by atoms with van der Waals surface area (Å²) in [6, 6.07) is 0.252. The summed E-state index contributed by atoms with van der Waals surface area (Å²) < 4.78 is 24.9. The molecule has 0 bridgehead atoms. The lowest BCUT2D eigenvalue weighted by molar-refractivity contribution is -0.138. The number of hydrogen-bond donors (Lipinski definition) is 2. The van der Waals surface area contributed by atoms with Crippen LogP contribution in [0.5, 0.6) is 0 Å². The molecule has 1 unspecified atom stereocenters. The SMILES string of the molecule is CS(=O)(=O)NCC1CCCN(C(=O)C2CCC(N)CC2)C1. The van der Waals surface area contributed by atoms with E-state index in [9.17, 15) is 13.2 Å². The third kappa shape index (κ3) is 5.23. The van der Waals surface area contributed by atoms with Crippen LogP contribution in [0.15, 0.2) is 0 Å². The number of carbonyl (C=O) groups is 1. The second-order valence-electron chi connectivity index (χ2n) is 6.52. The van der Waals surface area contributed by atoms with Crippen LogP contribution in [0, 0.1) is 11.8 Å². The summed E-state index contributed by atoms with van der Waals surface area (Å²) in [6.45, 7) is 1.90. The van der Waals surface area contributed by atoms with Gasteiger partial charge >= 0.3 is 0 Å². The predicted octanol–water partition coefficient (Wildman–Crippen LogP) is 0.292. The van der Waals surface area contributed by atoms with Gasteiger partial charge in [-0.05, 0) is 44.4 Å². The van der Waals surface area contributed by atoms with E-state index < -0.39 is 10.0 Å². The molecule has 1 aliphatic carbocycles. The average molecular weight is 317 g/mol. The van der Waals surface area contributed by atoms with Crippen LogP contribution in [-0.4, -0.2) is 51.2 Å². The molecule has 21 heavy (non-hydrogen) atoms.